The molecule has 0 saturated heterocycles. The molecule has 2 rings (SSSR count). The molecule has 0 spiro atoms. The minimum absolute atomic E-state index is 0.205. The molecule has 0 aromatic heterocycles. The zero-order chi connectivity index (χ0) is 31.8. The van der Waals surface area contributed by atoms with Gasteiger partial charge in [0.1, 0.15) is 29.8 Å². The predicted molar refractivity (Wildman–Crippen MR) is 163 cm³/mol. The minimum Gasteiger partial charge on any atom is -0.458 e. The molecule has 0 fully saturated rings. The molecule has 2 aromatic rings. The van der Waals surface area contributed by atoms with E-state index in [0.29, 0.717) is 5.56 Å². The Balaban J connectivity index is 2.49. The monoisotopic (exact) mass is 581 g/mol. The quantitative estimate of drug-likeness (QED) is 0.374. The lowest BCUT2D eigenvalue weighted by atomic mass is 9.95. The second-order valence-corrected chi connectivity index (χ2v) is 12.8. The Kier molecular flexibility index (Phi) is 11.7. The van der Waals surface area contributed by atoms with Crippen molar-refractivity contribution in [3.05, 3.63) is 70.8 Å². The lowest BCUT2D eigenvalue weighted by Gasteiger charge is -2.36. The van der Waals surface area contributed by atoms with E-state index in [1.807, 2.05) is 62.4 Å². The number of carbonyl (C=O) groups excluding carboxylic acids is 4. The number of esters is 1. The molecular formula is C33H47N3O6. The van der Waals surface area contributed by atoms with Gasteiger partial charge in [-0.1, -0.05) is 54.1 Å². The van der Waals surface area contributed by atoms with Gasteiger partial charge in [0.25, 0.3) is 0 Å². The van der Waals surface area contributed by atoms with Crippen molar-refractivity contribution in [2.24, 2.45) is 0 Å². The molecule has 230 valence electrons. The molecule has 9 nitrogen and oxygen atoms in total. The highest BCUT2D eigenvalue weighted by Gasteiger charge is 2.37. The van der Waals surface area contributed by atoms with Gasteiger partial charge in [-0.15, -0.1) is 0 Å². The van der Waals surface area contributed by atoms with E-state index in [9.17, 15) is 19.2 Å². The van der Waals surface area contributed by atoms with E-state index in [2.05, 4.69) is 10.6 Å². The van der Waals surface area contributed by atoms with Gasteiger partial charge in [0.05, 0.1) is 0 Å². The molecule has 2 aromatic carbocycles. The van der Waals surface area contributed by atoms with Crippen molar-refractivity contribution in [3.63, 3.8) is 0 Å². The van der Waals surface area contributed by atoms with Crippen LogP contribution in [0.4, 0.5) is 4.79 Å². The third-order valence-corrected chi connectivity index (χ3v) is 6.16. The Hall–Kier alpha value is -3.88. The average Bonchev–Trinajstić information content (AvgIpc) is 2.84. The SMILES string of the molecule is Cc1ccc(C(C(=O)NC(Cc2ccccc2)C(=O)OC(C)(C)C)N(C(=O)CNC(=O)OC(C)(C)C)C(C)C)c(C)c1. The van der Waals surface area contributed by atoms with E-state index in [4.69, 9.17) is 9.47 Å². The summed E-state index contributed by atoms with van der Waals surface area (Å²) in [5.41, 5.74) is 1.76. The molecule has 3 amide bonds. The van der Waals surface area contributed by atoms with Crippen LogP contribution in [0.2, 0.25) is 0 Å². The van der Waals surface area contributed by atoms with Gasteiger partial charge < -0.3 is 25.0 Å². The summed E-state index contributed by atoms with van der Waals surface area (Å²) in [7, 11) is 0. The molecule has 0 aliphatic rings. The number of carbonyl (C=O) groups is 4. The van der Waals surface area contributed by atoms with E-state index in [-0.39, 0.29) is 13.0 Å². The fourth-order valence-corrected chi connectivity index (χ4v) is 4.50. The Morgan fingerprint density at radius 2 is 1.45 bits per heavy atom. The molecule has 2 unspecified atom stereocenters. The molecule has 2 atom stereocenters. The molecule has 9 heteroatoms. The molecule has 2 N–H and O–H groups in total. The molecule has 0 saturated carbocycles. The number of alkyl carbamates (subject to hydrolysis) is 1. The number of amides is 3. The molecule has 42 heavy (non-hydrogen) atoms. The van der Waals surface area contributed by atoms with Gasteiger partial charge in [-0.3, -0.25) is 9.59 Å². The number of rotatable bonds is 10. The van der Waals surface area contributed by atoms with Crippen LogP contribution in [0, 0.1) is 13.8 Å². The smallest absolute Gasteiger partial charge is 0.408 e. The third-order valence-electron chi connectivity index (χ3n) is 6.16. The predicted octanol–water partition coefficient (Wildman–Crippen LogP) is 5.18. The van der Waals surface area contributed by atoms with Crippen molar-refractivity contribution < 1.29 is 28.7 Å². The van der Waals surface area contributed by atoms with Crippen molar-refractivity contribution >= 4 is 23.9 Å². The number of hydrogen-bond donors (Lipinski definition) is 2. The van der Waals surface area contributed by atoms with Crippen molar-refractivity contribution in [2.75, 3.05) is 6.54 Å². The first kappa shape index (κ1) is 34.3. The molecule has 0 radical (unpaired) electrons. The van der Waals surface area contributed by atoms with Crippen LogP contribution in [-0.2, 0) is 30.3 Å². The normalized spacial score (nSPS) is 13.1. The average molecular weight is 582 g/mol. The first-order valence-electron chi connectivity index (χ1n) is 14.3. The fraction of sp³-hybridized carbons (Fsp3) is 0.515. The first-order valence-corrected chi connectivity index (χ1v) is 14.3. The Morgan fingerprint density at radius 1 is 0.857 bits per heavy atom. The van der Waals surface area contributed by atoms with Gasteiger partial charge in [0.2, 0.25) is 11.8 Å². The van der Waals surface area contributed by atoms with Crippen LogP contribution in [-0.4, -0.2) is 58.6 Å². The third kappa shape index (κ3) is 10.8. The van der Waals surface area contributed by atoms with Gasteiger partial charge in [-0.2, -0.15) is 0 Å². The summed E-state index contributed by atoms with van der Waals surface area (Å²) in [5, 5.41) is 5.40. The highest BCUT2D eigenvalue weighted by Crippen LogP contribution is 2.28. The molecule has 0 bridgehead atoms. The van der Waals surface area contributed by atoms with Crippen LogP contribution >= 0.6 is 0 Å². The van der Waals surface area contributed by atoms with Crippen LogP contribution in [0.3, 0.4) is 0 Å². The van der Waals surface area contributed by atoms with Crippen molar-refractivity contribution in [1.29, 1.82) is 0 Å². The van der Waals surface area contributed by atoms with E-state index in [1.165, 1.54) is 4.90 Å². The number of nitrogens with zero attached hydrogens (tertiary/aromatic N) is 1. The summed E-state index contributed by atoms with van der Waals surface area (Å²) >= 11 is 0. The van der Waals surface area contributed by atoms with Crippen LogP contribution < -0.4 is 10.6 Å². The minimum atomic E-state index is -1.08. The van der Waals surface area contributed by atoms with Crippen LogP contribution in [0.5, 0.6) is 0 Å². The maximum absolute atomic E-state index is 14.2. The van der Waals surface area contributed by atoms with E-state index in [0.717, 1.165) is 16.7 Å². The summed E-state index contributed by atoms with van der Waals surface area (Å²) < 4.78 is 10.9. The number of nitrogens with one attached hydrogen (secondary N) is 2. The maximum Gasteiger partial charge on any atom is 0.408 e. The van der Waals surface area contributed by atoms with E-state index in [1.54, 1.807) is 55.4 Å². The lowest BCUT2D eigenvalue weighted by Crippen LogP contribution is -2.54. The highest BCUT2D eigenvalue weighted by atomic mass is 16.6. The van der Waals surface area contributed by atoms with Gasteiger partial charge in [0.15, 0.2) is 0 Å². The fourth-order valence-electron chi connectivity index (χ4n) is 4.50. The largest absolute Gasteiger partial charge is 0.458 e. The van der Waals surface area contributed by atoms with Gasteiger partial charge in [-0.05, 0) is 85.9 Å². The van der Waals surface area contributed by atoms with Gasteiger partial charge >= 0.3 is 12.1 Å². The van der Waals surface area contributed by atoms with Gasteiger partial charge in [-0.25, -0.2) is 9.59 Å². The lowest BCUT2D eigenvalue weighted by molar-refractivity contribution is -0.159. The zero-order valence-electron chi connectivity index (χ0n) is 26.7. The second-order valence-electron chi connectivity index (χ2n) is 12.8. The van der Waals surface area contributed by atoms with Crippen molar-refractivity contribution in [3.8, 4) is 0 Å². The van der Waals surface area contributed by atoms with Crippen molar-refractivity contribution in [2.45, 2.75) is 105 Å². The summed E-state index contributed by atoms with van der Waals surface area (Å²) in [6.07, 6.45) is -0.531. The Bertz CT molecular complexity index is 1240. The number of hydrogen-bond acceptors (Lipinski definition) is 6. The topological polar surface area (TPSA) is 114 Å². The first-order chi connectivity index (χ1) is 19.4. The van der Waals surface area contributed by atoms with Crippen LogP contribution in [0.25, 0.3) is 0 Å². The summed E-state index contributed by atoms with van der Waals surface area (Å²) in [6.45, 7) is 17.5. The van der Waals surface area contributed by atoms with Crippen LogP contribution in [0.15, 0.2) is 48.5 Å². The van der Waals surface area contributed by atoms with E-state index >= 15 is 0 Å². The number of aryl methyl sites for hydroxylation is 2. The summed E-state index contributed by atoms with van der Waals surface area (Å²) in [6, 6.07) is 12.5. The maximum atomic E-state index is 14.2. The number of benzene rings is 2. The van der Waals surface area contributed by atoms with Gasteiger partial charge in [0, 0.05) is 12.5 Å². The highest BCUT2D eigenvalue weighted by molar-refractivity contribution is 5.93. The molecule has 0 aliphatic heterocycles. The molecule has 0 aliphatic carbocycles. The molecular weight excluding hydrogens is 534 g/mol. The van der Waals surface area contributed by atoms with E-state index < -0.39 is 53.2 Å². The second kappa shape index (κ2) is 14.3. The number of ether oxygens (including phenoxy) is 2. The standard InChI is InChI=1S/C33H47N3O6/c1-21(2)36(27(37)20-34-31(40)42-33(8,9)10)28(25-17-16-22(3)18-23(25)4)29(38)35-26(30(39)41-32(5,6)7)19-24-14-12-11-13-15-24/h11-18,21,26,28H,19-20H2,1-10H3,(H,34,40)(H,35,38). The summed E-state index contributed by atoms with van der Waals surface area (Å²) in [4.78, 5) is 54.9. The van der Waals surface area contributed by atoms with Crippen molar-refractivity contribution in [1.82, 2.24) is 15.5 Å². The zero-order valence-corrected chi connectivity index (χ0v) is 26.7. The Morgan fingerprint density at radius 3 is 1.98 bits per heavy atom. The summed E-state index contributed by atoms with van der Waals surface area (Å²) in [5.74, 6) is -1.59. The molecule has 0 heterocycles. The van der Waals surface area contributed by atoms with Crippen LogP contribution in [0.1, 0.15) is 83.7 Å². The Labute approximate surface area is 250 Å².